The molecule has 0 aromatic carbocycles. The van der Waals surface area contributed by atoms with Crippen molar-refractivity contribution in [3.63, 3.8) is 0 Å². The first-order chi connectivity index (χ1) is 13.5. The molecule has 2 saturated carbocycles. The van der Waals surface area contributed by atoms with E-state index >= 15 is 0 Å². The van der Waals surface area contributed by atoms with Crippen molar-refractivity contribution in [2.45, 2.75) is 78.1 Å². The average molecular weight is 378 g/mol. The fourth-order valence-electron chi connectivity index (χ4n) is 4.72. The Labute approximate surface area is 167 Å². The molecule has 148 valence electrons. The van der Waals surface area contributed by atoms with Crippen LogP contribution in [-0.4, -0.2) is 15.1 Å². The number of pyridine rings is 1. The molecule has 4 heteroatoms. The van der Waals surface area contributed by atoms with Crippen LogP contribution in [0, 0.1) is 11.3 Å². The monoisotopic (exact) mass is 377 g/mol. The van der Waals surface area contributed by atoms with Crippen LogP contribution >= 0.6 is 0 Å². The van der Waals surface area contributed by atoms with Gasteiger partial charge >= 0.3 is 0 Å². The van der Waals surface area contributed by atoms with Crippen molar-refractivity contribution >= 4 is 16.9 Å². The van der Waals surface area contributed by atoms with E-state index in [1.807, 2.05) is 13.1 Å². The van der Waals surface area contributed by atoms with Gasteiger partial charge in [-0.05, 0) is 69.4 Å². The van der Waals surface area contributed by atoms with Crippen LogP contribution in [0.3, 0.4) is 0 Å². The van der Waals surface area contributed by atoms with Crippen LogP contribution < -0.4 is 5.56 Å². The number of rotatable bonds is 6. The van der Waals surface area contributed by atoms with Crippen molar-refractivity contribution in [1.29, 1.82) is 5.41 Å². The van der Waals surface area contributed by atoms with Crippen LogP contribution in [0.2, 0.25) is 0 Å². The summed E-state index contributed by atoms with van der Waals surface area (Å²) < 4.78 is 1.75. The molecule has 0 amide bonds. The van der Waals surface area contributed by atoms with Gasteiger partial charge < -0.3 is 5.41 Å². The lowest BCUT2D eigenvalue weighted by Gasteiger charge is -2.32. The van der Waals surface area contributed by atoms with Crippen molar-refractivity contribution < 1.29 is 0 Å². The first-order valence-electron chi connectivity index (χ1n) is 10.8. The number of aromatic nitrogens is 2. The van der Waals surface area contributed by atoms with Gasteiger partial charge in [0.15, 0.2) is 0 Å². The summed E-state index contributed by atoms with van der Waals surface area (Å²) in [5.74, 6) is 1.04. The van der Waals surface area contributed by atoms with Crippen LogP contribution in [0.1, 0.15) is 88.3 Å². The van der Waals surface area contributed by atoms with Gasteiger partial charge in [0.05, 0.1) is 0 Å². The zero-order chi connectivity index (χ0) is 19.8. The van der Waals surface area contributed by atoms with Gasteiger partial charge in [-0.3, -0.25) is 9.20 Å². The molecular weight excluding hydrogens is 346 g/mol. The van der Waals surface area contributed by atoms with E-state index in [1.54, 1.807) is 10.6 Å². The molecule has 2 aromatic rings. The first kappa shape index (κ1) is 19.1. The standard InChI is InChI=1S/C24H31N3O/c1-4-7-19-14-26-23-22(18-10-6-11-18)20(12-13-27(23)24(19)28)21(16(3)25)15(2)17-8-5-9-17/h12-14,17-18,25H,4-11H2,1-3H3/b21-15+,25-16?. The number of allylic oxidation sites excluding steroid dienone is 2. The lowest BCUT2D eigenvalue weighted by Crippen LogP contribution is -2.24. The van der Waals surface area contributed by atoms with Gasteiger partial charge in [0, 0.05) is 34.8 Å². The second-order valence-electron chi connectivity index (χ2n) is 8.61. The van der Waals surface area contributed by atoms with E-state index in [9.17, 15) is 4.79 Å². The SMILES string of the molecule is CCCc1cnc2c(C3CCC3)c(/C(C(C)=N)=C(\C)C3CCC3)ccn2c1=O. The van der Waals surface area contributed by atoms with Gasteiger partial charge in [-0.25, -0.2) is 4.98 Å². The minimum absolute atomic E-state index is 0.0618. The van der Waals surface area contributed by atoms with Gasteiger partial charge in [0.2, 0.25) is 0 Å². The number of aryl methyl sites for hydroxylation is 1. The van der Waals surface area contributed by atoms with E-state index in [4.69, 9.17) is 10.4 Å². The van der Waals surface area contributed by atoms with Crippen LogP contribution in [0.25, 0.3) is 11.2 Å². The maximum atomic E-state index is 13.0. The summed E-state index contributed by atoms with van der Waals surface area (Å²) in [7, 11) is 0. The van der Waals surface area contributed by atoms with Crippen molar-refractivity contribution in [3.8, 4) is 0 Å². The minimum atomic E-state index is 0.0618. The molecule has 0 radical (unpaired) electrons. The molecule has 2 aliphatic carbocycles. The predicted octanol–water partition coefficient (Wildman–Crippen LogP) is 5.53. The molecule has 1 N–H and O–H groups in total. The van der Waals surface area contributed by atoms with Gasteiger partial charge in [-0.1, -0.05) is 31.8 Å². The summed E-state index contributed by atoms with van der Waals surface area (Å²) in [4.78, 5) is 17.8. The Kier molecular flexibility index (Phi) is 5.22. The summed E-state index contributed by atoms with van der Waals surface area (Å²) >= 11 is 0. The lowest BCUT2D eigenvalue weighted by molar-refractivity contribution is 0.369. The third kappa shape index (κ3) is 3.13. The van der Waals surface area contributed by atoms with E-state index in [1.165, 1.54) is 36.8 Å². The molecule has 2 aromatic heterocycles. The highest BCUT2D eigenvalue weighted by Gasteiger charge is 2.30. The highest BCUT2D eigenvalue weighted by atomic mass is 16.1. The molecule has 0 unspecified atom stereocenters. The van der Waals surface area contributed by atoms with Crippen molar-refractivity contribution in [2.75, 3.05) is 0 Å². The van der Waals surface area contributed by atoms with Crippen LogP contribution in [-0.2, 0) is 6.42 Å². The summed E-state index contributed by atoms with van der Waals surface area (Å²) in [5.41, 5.74) is 7.02. The molecule has 4 rings (SSSR count). The van der Waals surface area contributed by atoms with Gasteiger partial charge in [-0.2, -0.15) is 0 Å². The van der Waals surface area contributed by atoms with E-state index in [0.717, 1.165) is 48.0 Å². The first-order valence-corrected chi connectivity index (χ1v) is 10.8. The second kappa shape index (κ2) is 7.65. The molecule has 0 spiro atoms. The third-order valence-electron chi connectivity index (χ3n) is 6.77. The van der Waals surface area contributed by atoms with Crippen LogP contribution in [0.15, 0.2) is 28.8 Å². The molecule has 2 fully saturated rings. The Balaban J connectivity index is 1.97. The Hall–Kier alpha value is -2.23. The Bertz CT molecular complexity index is 1010. The quantitative estimate of drug-likeness (QED) is 0.673. The van der Waals surface area contributed by atoms with Gasteiger partial charge in [-0.15, -0.1) is 0 Å². The number of nitrogens with zero attached hydrogens (tertiary/aromatic N) is 2. The molecule has 2 heterocycles. The second-order valence-corrected chi connectivity index (χ2v) is 8.61. The summed E-state index contributed by atoms with van der Waals surface area (Å²) in [6.45, 7) is 6.19. The van der Waals surface area contributed by atoms with Crippen LogP contribution in [0.5, 0.6) is 0 Å². The third-order valence-corrected chi connectivity index (χ3v) is 6.77. The van der Waals surface area contributed by atoms with E-state index in [2.05, 4.69) is 19.9 Å². The highest BCUT2D eigenvalue weighted by molar-refractivity contribution is 6.22. The molecule has 0 saturated heterocycles. The summed E-state index contributed by atoms with van der Waals surface area (Å²) in [6.07, 6.45) is 12.6. The topological polar surface area (TPSA) is 58.2 Å². The smallest absolute Gasteiger partial charge is 0.261 e. The molecule has 4 nitrogen and oxygen atoms in total. The van der Waals surface area contributed by atoms with Gasteiger partial charge in [0.1, 0.15) is 5.65 Å². The molecule has 0 aliphatic heterocycles. The Morgan fingerprint density at radius 2 is 1.93 bits per heavy atom. The molecule has 0 bridgehead atoms. The summed E-state index contributed by atoms with van der Waals surface area (Å²) in [5, 5.41) is 8.52. The van der Waals surface area contributed by atoms with Crippen molar-refractivity contribution in [2.24, 2.45) is 5.92 Å². The number of fused-ring (bicyclic) bond motifs is 1. The van der Waals surface area contributed by atoms with E-state index < -0.39 is 0 Å². The van der Waals surface area contributed by atoms with E-state index in [-0.39, 0.29) is 5.56 Å². The Morgan fingerprint density at radius 3 is 2.46 bits per heavy atom. The maximum absolute atomic E-state index is 13.0. The molecular formula is C24H31N3O. The summed E-state index contributed by atoms with van der Waals surface area (Å²) in [6, 6.07) is 2.08. The predicted molar refractivity (Wildman–Crippen MR) is 115 cm³/mol. The highest BCUT2D eigenvalue weighted by Crippen LogP contribution is 2.44. The van der Waals surface area contributed by atoms with Gasteiger partial charge in [0.25, 0.3) is 5.56 Å². The Morgan fingerprint density at radius 1 is 1.21 bits per heavy atom. The number of nitrogens with one attached hydrogen (secondary N) is 1. The largest absolute Gasteiger partial charge is 0.305 e. The van der Waals surface area contributed by atoms with Crippen molar-refractivity contribution in [1.82, 2.24) is 9.38 Å². The van der Waals surface area contributed by atoms with Crippen molar-refractivity contribution in [3.05, 3.63) is 51.1 Å². The number of hydrogen-bond acceptors (Lipinski definition) is 3. The molecule has 2 aliphatic rings. The molecule has 0 atom stereocenters. The lowest BCUT2D eigenvalue weighted by atomic mass is 9.73. The average Bonchev–Trinajstić information content (AvgIpc) is 2.56. The fraction of sp³-hybridized carbons (Fsp3) is 0.542. The minimum Gasteiger partial charge on any atom is -0.305 e. The zero-order valence-corrected chi connectivity index (χ0v) is 17.3. The molecule has 28 heavy (non-hydrogen) atoms. The zero-order valence-electron chi connectivity index (χ0n) is 17.3. The maximum Gasteiger partial charge on any atom is 0.261 e. The van der Waals surface area contributed by atoms with Crippen LogP contribution in [0.4, 0.5) is 0 Å². The number of hydrogen-bond donors (Lipinski definition) is 1. The fourth-order valence-corrected chi connectivity index (χ4v) is 4.72. The normalized spacial score (nSPS) is 18.5. The van der Waals surface area contributed by atoms with E-state index in [0.29, 0.717) is 17.5 Å².